The number of anilines is 1. The van der Waals surface area contributed by atoms with Crippen molar-refractivity contribution in [2.24, 2.45) is 0 Å². The summed E-state index contributed by atoms with van der Waals surface area (Å²) in [6, 6.07) is 9.61. The third kappa shape index (κ3) is 5.37. The van der Waals surface area contributed by atoms with Gasteiger partial charge < -0.3 is 10.1 Å². The Hall–Kier alpha value is -2.71. The Morgan fingerprint density at radius 1 is 0.938 bits per heavy atom. The first-order valence-corrected chi connectivity index (χ1v) is 12.4. The second-order valence-electron chi connectivity index (χ2n) is 8.00. The molecule has 1 amide bonds. The summed E-state index contributed by atoms with van der Waals surface area (Å²) in [4.78, 5) is 25.0. The van der Waals surface area contributed by atoms with Crippen molar-refractivity contribution in [2.75, 3.05) is 25.0 Å². The summed E-state index contributed by atoms with van der Waals surface area (Å²) >= 11 is 0. The summed E-state index contributed by atoms with van der Waals surface area (Å²) in [6.07, 6.45) is 3.75. The molecule has 0 aromatic heterocycles. The van der Waals surface area contributed by atoms with Gasteiger partial charge in [0.1, 0.15) is 0 Å². The molecular weight excluding hydrogens is 428 g/mol. The van der Waals surface area contributed by atoms with Crippen molar-refractivity contribution in [1.82, 2.24) is 4.31 Å². The minimum Gasteiger partial charge on any atom is -0.462 e. The maximum atomic E-state index is 13.3. The molecule has 0 unspecified atom stereocenters. The van der Waals surface area contributed by atoms with Crippen molar-refractivity contribution in [3.63, 3.8) is 0 Å². The number of ether oxygens (including phenoxy) is 1. The van der Waals surface area contributed by atoms with E-state index in [1.807, 2.05) is 0 Å². The fourth-order valence-electron chi connectivity index (χ4n) is 3.78. The van der Waals surface area contributed by atoms with Gasteiger partial charge in [-0.1, -0.05) is 18.9 Å². The summed E-state index contributed by atoms with van der Waals surface area (Å²) < 4.78 is 33.0. The van der Waals surface area contributed by atoms with E-state index in [1.165, 1.54) is 10.4 Å². The van der Waals surface area contributed by atoms with Crippen LogP contribution >= 0.6 is 0 Å². The van der Waals surface area contributed by atoms with Crippen LogP contribution in [0.3, 0.4) is 0 Å². The van der Waals surface area contributed by atoms with Crippen molar-refractivity contribution in [3.05, 3.63) is 58.7 Å². The van der Waals surface area contributed by atoms with Crippen LogP contribution in [0.5, 0.6) is 0 Å². The highest BCUT2D eigenvalue weighted by molar-refractivity contribution is 7.89. The molecule has 0 saturated carbocycles. The average Bonchev–Trinajstić information content (AvgIpc) is 3.05. The fraction of sp³-hybridized carbons (Fsp3) is 0.417. The Balaban J connectivity index is 1.83. The molecule has 8 heteroatoms. The second-order valence-corrected chi connectivity index (χ2v) is 9.91. The zero-order valence-electron chi connectivity index (χ0n) is 18.8. The molecule has 0 spiro atoms. The molecule has 1 heterocycles. The Kier molecular flexibility index (Phi) is 7.69. The minimum absolute atomic E-state index is 0.168. The number of amides is 1. The molecule has 32 heavy (non-hydrogen) atoms. The number of hydrogen-bond donors (Lipinski definition) is 1. The van der Waals surface area contributed by atoms with Crippen LogP contribution in [0.15, 0.2) is 41.3 Å². The van der Waals surface area contributed by atoms with Gasteiger partial charge in [0.25, 0.3) is 5.91 Å². The van der Waals surface area contributed by atoms with Crippen LogP contribution < -0.4 is 5.32 Å². The van der Waals surface area contributed by atoms with Gasteiger partial charge in [0, 0.05) is 24.3 Å². The molecule has 1 N–H and O–H groups in total. The predicted molar refractivity (Wildman–Crippen MR) is 123 cm³/mol. The van der Waals surface area contributed by atoms with Crippen LogP contribution in [0.1, 0.15) is 64.4 Å². The van der Waals surface area contributed by atoms with E-state index in [9.17, 15) is 18.0 Å². The molecule has 2 aromatic carbocycles. The number of nitrogens with one attached hydrogen (secondary N) is 1. The molecule has 1 aliphatic rings. The van der Waals surface area contributed by atoms with E-state index in [0.717, 1.165) is 25.7 Å². The summed E-state index contributed by atoms with van der Waals surface area (Å²) in [7, 11) is -3.67. The highest BCUT2D eigenvalue weighted by Crippen LogP contribution is 2.25. The van der Waals surface area contributed by atoms with Gasteiger partial charge in [-0.3, -0.25) is 4.79 Å². The molecule has 0 atom stereocenters. The van der Waals surface area contributed by atoms with Crippen molar-refractivity contribution in [2.45, 2.75) is 51.3 Å². The van der Waals surface area contributed by atoms with E-state index in [4.69, 9.17) is 4.74 Å². The first kappa shape index (κ1) is 23.9. The highest BCUT2D eigenvalue weighted by Gasteiger charge is 2.27. The summed E-state index contributed by atoms with van der Waals surface area (Å²) in [5.41, 5.74) is 2.52. The molecule has 0 radical (unpaired) electrons. The molecule has 7 nitrogen and oxygen atoms in total. The lowest BCUT2D eigenvalue weighted by atomic mass is 10.1. The average molecular weight is 459 g/mol. The normalized spacial score (nSPS) is 15.1. The lowest BCUT2D eigenvalue weighted by Crippen LogP contribution is -2.32. The quantitative estimate of drug-likeness (QED) is 0.652. The number of sulfonamides is 1. The highest BCUT2D eigenvalue weighted by atomic mass is 32.2. The van der Waals surface area contributed by atoms with E-state index in [0.29, 0.717) is 35.5 Å². The van der Waals surface area contributed by atoms with Gasteiger partial charge in [0.15, 0.2) is 0 Å². The van der Waals surface area contributed by atoms with Crippen LogP contribution in [0.4, 0.5) is 5.69 Å². The van der Waals surface area contributed by atoms with Gasteiger partial charge in [-0.2, -0.15) is 4.31 Å². The van der Waals surface area contributed by atoms with Crippen molar-refractivity contribution in [3.8, 4) is 0 Å². The van der Waals surface area contributed by atoms with Crippen molar-refractivity contribution < 1.29 is 22.7 Å². The molecule has 2 aromatic rings. The molecule has 172 valence electrons. The number of benzene rings is 2. The molecule has 0 aliphatic carbocycles. The second kappa shape index (κ2) is 10.3. The van der Waals surface area contributed by atoms with Gasteiger partial charge in [-0.05, 0) is 75.1 Å². The van der Waals surface area contributed by atoms with Gasteiger partial charge in [-0.15, -0.1) is 0 Å². The Labute approximate surface area is 189 Å². The Bertz CT molecular complexity index is 1100. The molecular formula is C24H30N2O5S. The smallest absolute Gasteiger partial charge is 0.338 e. The van der Waals surface area contributed by atoms with Crippen LogP contribution in [-0.2, 0) is 14.8 Å². The maximum Gasteiger partial charge on any atom is 0.338 e. The molecule has 3 rings (SSSR count). The van der Waals surface area contributed by atoms with Crippen LogP contribution in [0.25, 0.3) is 0 Å². The largest absolute Gasteiger partial charge is 0.462 e. The monoisotopic (exact) mass is 458 g/mol. The minimum atomic E-state index is -3.67. The number of nitrogens with zero attached hydrogens (tertiary/aromatic N) is 1. The third-order valence-electron chi connectivity index (χ3n) is 5.62. The zero-order chi connectivity index (χ0) is 23.3. The Morgan fingerprint density at radius 3 is 2.22 bits per heavy atom. The predicted octanol–water partition coefficient (Wildman–Crippen LogP) is 4.30. The lowest BCUT2D eigenvalue weighted by molar-refractivity contribution is 0.0526. The fourth-order valence-corrected chi connectivity index (χ4v) is 5.55. The molecule has 1 fully saturated rings. The zero-order valence-corrected chi connectivity index (χ0v) is 19.6. The van der Waals surface area contributed by atoms with Gasteiger partial charge in [0.05, 0.1) is 17.1 Å². The first-order chi connectivity index (χ1) is 15.2. The third-order valence-corrected chi connectivity index (χ3v) is 7.66. The first-order valence-electron chi connectivity index (χ1n) is 10.9. The maximum absolute atomic E-state index is 13.3. The Morgan fingerprint density at radius 2 is 1.59 bits per heavy atom. The lowest BCUT2D eigenvalue weighted by Gasteiger charge is -2.21. The standard InChI is InChI=1S/C24H30N2O5S/c1-4-31-24(28)20-11-12-21(18(3)15-20)25-23(27)19-10-9-17(2)22(16-19)32(29,30)26-13-7-5-6-8-14-26/h9-12,15-16H,4-8,13-14H2,1-3H3,(H,25,27). The number of carbonyl (C=O) groups is 2. The van der Waals surface area contributed by atoms with Crippen LogP contribution in [0, 0.1) is 13.8 Å². The molecule has 0 bridgehead atoms. The molecule has 1 aliphatic heterocycles. The van der Waals surface area contributed by atoms with Crippen molar-refractivity contribution >= 4 is 27.6 Å². The topological polar surface area (TPSA) is 92.8 Å². The van der Waals surface area contributed by atoms with E-state index in [1.54, 1.807) is 51.1 Å². The number of esters is 1. The number of rotatable bonds is 6. The molecule has 1 saturated heterocycles. The number of aryl methyl sites for hydroxylation is 2. The van der Waals surface area contributed by atoms with E-state index < -0.39 is 21.9 Å². The van der Waals surface area contributed by atoms with Gasteiger partial charge in [-0.25, -0.2) is 13.2 Å². The number of hydrogen-bond acceptors (Lipinski definition) is 5. The van der Waals surface area contributed by atoms with Crippen LogP contribution in [0.2, 0.25) is 0 Å². The van der Waals surface area contributed by atoms with E-state index >= 15 is 0 Å². The summed E-state index contributed by atoms with van der Waals surface area (Å²) in [5, 5.41) is 2.81. The van der Waals surface area contributed by atoms with E-state index in [2.05, 4.69) is 5.32 Å². The summed E-state index contributed by atoms with van der Waals surface area (Å²) in [6.45, 7) is 6.55. The van der Waals surface area contributed by atoms with Crippen molar-refractivity contribution in [1.29, 1.82) is 0 Å². The SMILES string of the molecule is CCOC(=O)c1ccc(NC(=O)c2ccc(C)c(S(=O)(=O)N3CCCCCC3)c2)c(C)c1. The number of carbonyl (C=O) groups excluding carboxylic acids is 2. The summed E-state index contributed by atoms with van der Waals surface area (Å²) in [5.74, 6) is -0.834. The van der Waals surface area contributed by atoms with E-state index in [-0.39, 0.29) is 17.1 Å². The van der Waals surface area contributed by atoms with Crippen LogP contribution in [-0.4, -0.2) is 44.3 Å². The van der Waals surface area contributed by atoms with Gasteiger partial charge >= 0.3 is 5.97 Å². The van der Waals surface area contributed by atoms with Gasteiger partial charge in [0.2, 0.25) is 10.0 Å².